The standard InChI is InChI=1S/C90H64N4/c1-2-3-4-22-57-91(86-45-23-31-63-27-14-18-41-76(63)86)71-49-54-81-82-56-52-74(94(70-39-12-7-13-40-70)89-48-26-34-66-30-17-21-44-79(66)89)61-85(82)90(83(81)59-71)62-67-58-72(92(68-35-8-5-9-36-68)87-46-24-32-64-28-15-19-42-77(64)87)50-53-75(67)80-55-51-73(60-84(80)90)93(69-37-10-6-11-38-69)88-47-25-33-65-29-16-20-43-78(65)88/h2-61H,1,62H2. The Labute approximate surface area is 549 Å². The monoisotopic (exact) mass is 1200 g/mol. The van der Waals surface area contributed by atoms with E-state index < -0.39 is 5.41 Å². The van der Waals surface area contributed by atoms with Crippen LogP contribution in [-0.4, -0.2) is 0 Å². The van der Waals surface area contributed by atoms with Crippen LogP contribution in [0, 0.1) is 0 Å². The van der Waals surface area contributed by atoms with Gasteiger partial charge in [-0.3, -0.25) is 0 Å². The van der Waals surface area contributed by atoms with Crippen molar-refractivity contribution in [3.05, 3.63) is 393 Å². The lowest BCUT2D eigenvalue weighted by atomic mass is 9.62. The Bertz CT molecular complexity index is 5460. The molecule has 0 amide bonds. The zero-order chi connectivity index (χ0) is 62.5. The molecule has 2 aliphatic carbocycles. The molecule has 0 saturated heterocycles. The minimum atomic E-state index is -0.788. The Kier molecular flexibility index (Phi) is 14.0. The van der Waals surface area contributed by atoms with Crippen molar-refractivity contribution in [2.45, 2.75) is 11.8 Å². The molecule has 0 N–H and O–H groups in total. The summed E-state index contributed by atoms with van der Waals surface area (Å²) >= 11 is 0. The van der Waals surface area contributed by atoms with E-state index in [0.29, 0.717) is 6.42 Å². The van der Waals surface area contributed by atoms with Crippen LogP contribution in [0.1, 0.15) is 22.3 Å². The Hall–Kier alpha value is -12.2. The van der Waals surface area contributed by atoms with Crippen molar-refractivity contribution in [3.8, 4) is 22.3 Å². The highest BCUT2D eigenvalue weighted by Crippen LogP contribution is 2.62. The minimum absolute atomic E-state index is 0.656. The lowest BCUT2D eigenvalue weighted by molar-refractivity contribution is 0.622. The maximum absolute atomic E-state index is 4.02. The van der Waals surface area contributed by atoms with Gasteiger partial charge in [-0.05, 0) is 188 Å². The number of allylic oxidation sites excluding steroid dienone is 4. The molecule has 4 heteroatoms. The Morgan fingerprint density at radius 1 is 0.266 bits per heavy atom. The summed E-state index contributed by atoms with van der Waals surface area (Å²) in [4.78, 5) is 9.78. The minimum Gasteiger partial charge on any atom is -0.317 e. The van der Waals surface area contributed by atoms with Crippen LogP contribution < -0.4 is 19.6 Å². The topological polar surface area (TPSA) is 13.0 Å². The van der Waals surface area contributed by atoms with Gasteiger partial charge in [0.1, 0.15) is 0 Å². The normalized spacial score (nSPS) is 13.7. The second-order valence-electron chi connectivity index (χ2n) is 24.5. The van der Waals surface area contributed by atoms with Gasteiger partial charge in [-0.25, -0.2) is 0 Å². The lowest BCUT2D eigenvalue weighted by Gasteiger charge is -2.41. The third-order valence-electron chi connectivity index (χ3n) is 19.3. The van der Waals surface area contributed by atoms with E-state index in [-0.39, 0.29) is 0 Å². The van der Waals surface area contributed by atoms with E-state index in [1.54, 1.807) is 0 Å². The van der Waals surface area contributed by atoms with Gasteiger partial charge in [0.25, 0.3) is 0 Å². The molecule has 15 aromatic carbocycles. The van der Waals surface area contributed by atoms with Gasteiger partial charge in [-0.1, -0.05) is 249 Å². The number of benzene rings is 15. The van der Waals surface area contributed by atoms with Gasteiger partial charge in [0.15, 0.2) is 0 Å². The third kappa shape index (κ3) is 9.45. The molecule has 0 bridgehead atoms. The predicted octanol–water partition coefficient (Wildman–Crippen LogP) is 24.6. The maximum atomic E-state index is 4.02. The fourth-order valence-corrected chi connectivity index (χ4v) is 15.1. The van der Waals surface area contributed by atoms with E-state index in [1.807, 2.05) is 12.2 Å². The van der Waals surface area contributed by atoms with Crippen LogP contribution in [0.5, 0.6) is 0 Å². The summed E-state index contributed by atoms with van der Waals surface area (Å²) in [5, 5.41) is 9.45. The van der Waals surface area contributed by atoms with Gasteiger partial charge in [0.05, 0.1) is 28.2 Å². The highest BCUT2D eigenvalue weighted by Gasteiger charge is 2.50. The molecule has 0 aliphatic heterocycles. The van der Waals surface area contributed by atoms with Crippen LogP contribution in [0.25, 0.3) is 65.3 Å². The average Bonchev–Trinajstić information content (AvgIpc) is 1.48. The summed E-state index contributed by atoms with van der Waals surface area (Å²) in [5.74, 6) is 0. The first-order valence-electron chi connectivity index (χ1n) is 32.4. The summed E-state index contributed by atoms with van der Waals surface area (Å²) in [6.07, 6.45) is 10.9. The van der Waals surface area contributed by atoms with Crippen molar-refractivity contribution >= 4 is 106 Å². The first kappa shape index (κ1) is 55.8. The number of para-hydroxylation sites is 3. The number of fused-ring (bicyclic) bond motifs is 13. The summed E-state index contributed by atoms with van der Waals surface area (Å²) in [5.41, 5.74) is 21.0. The van der Waals surface area contributed by atoms with Crippen molar-refractivity contribution in [1.82, 2.24) is 0 Å². The Balaban J connectivity index is 0.977. The van der Waals surface area contributed by atoms with Crippen molar-refractivity contribution in [3.63, 3.8) is 0 Å². The van der Waals surface area contributed by atoms with Crippen LogP contribution in [0.4, 0.5) is 62.6 Å². The number of nitrogens with zero attached hydrogens (tertiary/aromatic N) is 4. The molecule has 15 aromatic rings. The lowest BCUT2D eigenvalue weighted by Crippen LogP contribution is -2.34. The molecule has 0 fully saturated rings. The first-order chi connectivity index (χ1) is 46.6. The van der Waals surface area contributed by atoms with Crippen molar-refractivity contribution in [1.29, 1.82) is 0 Å². The fourth-order valence-electron chi connectivity index (χ4n) is 15.1. The number of anilines is 11. The molecule has 0 aromatic heterocycles. The summed E-state index contributed by atoms with van der Waals surface area (Å²) in [6, 6.07) is 124. The summed E-state index contributed by atoms with van der Waals surface area (Å²) < 4.78 is 0. The highest BCUT2D eigenvalue weighted by molar-refractivity contribution is 6.04. The van der Waals surface area contributed by atoms with Crippen LogP contribution in [0.3, 0.4) is 0 Å². The fraction of sp³-hybridized carbons (Fsp3) is 0.0222. The molecular formula is C90H64N4. The largest absolute Gasteiger partial charge is 0.317 e. The van der Waals surface area contributed by atoms with E-state index in [0.717, 1.165) is 67.9 Å². The molecule has 1 atom stereocenters. The van der Waals surface area contributed by atoms with Crippen LogP contribution in [-0.2, 0) is 11.8 Å². The zero-order valence-electron chi connectivity index (χ0n) is 51.8. The van der Waals surface area contributed by atoms with Crippen molar-refractivity contribution in [2.75, 3.05) is 19.6 Å². The van der Waals surface area contributed by atoms with Gasteiger partial charge in [0.2, 0.25) is 0 Å². The molecule has 4 nitrogen and oxygen atoms in total. The van der Waals surface area contributed by atoms with E-state index in [9.17, 15) is 0 Å². The zero-order valence-corrected chi connectivity index (χ0v) is 51.8. The predicted molar refractivity (Wildman–Crippen MR) is 398 cm³/mol. The third-order valence-corrected chi connectivity index (χ3v) is 19.3. The van der Waals surface area contributed by atoms with E-state index >= 15 is 0 Å². The Morgan fingerprint density at radius 3 is 1.02 bits per heavy atom. The first-order valence-corrected chi connectivity index (χ1v) is 32.4. The Morgan fingerprint density at radius 2 is 0.596 bits per heavy atom. The molecule has 17 rings (SSSR count). The molecular weight excluding hydrogens is 1140 g/mol. The van der Waals surface area contributed by atoms with E-state index in [1.165, 1.54) is 82.2 Å². The quantitative estimate of drug-likeness (QED) is 0.101. The SMILES string of the molecule is C=CC=CC=CN(c1ccc2c(c1)C1(Cc3cc(N(c4ccccc4)c4cccc5ccccc45)ccc3-c3ccc(N(c4ccccc4)c4cccc5ccccc45)cc31)c1cc(N(c3ccccc3)c3cccc4ccccc34)ccc1-2)c1cccc2ccccc12. The maximum Gasteiger partial charge on any atom is 0.0540 e. The summed E-state index contributed by atoms with van der Waals surface area (Å²) in [6.45, 7) is 4.02. The molecule has 444 valence electrons. The molecule has 1 spiro atoms. The van der Waals surface area contributed by atoms with Crippen molar-refractivity contribution in [2.24, 2.45) is 0 Å². The van der Waals surface area contributed by atoms with Gasteiger partial charge in [-0.2, -0.15) is 0 Å². The smallest absolute Gasteiger partial charge is 0.0540 e. The highest BCUT2D eigenvalue weighted by atomic mass is 15.2. The van der Waals surface area contributed by atoms with Gasteiger partial charge >= 0.3 is 0 Å². The van der Waals surface area contributed by atoms with Crippen molar-refractivity contribution < 1.29 is 0 Å². The molecule has 1 unspecified atom stereocenters. The van der Waals surface area contributed by atoms with Gasteiger partial charge in [-0.15, -0.1) is 0 Å². The van der Waals surface area contributed by atoms with Gasteiger partial charge < -0.3 is 19.6 Å². The second-order valence-corrected chi connectivity index (χ2v) is 24.5. The van der Waals surface area contributed by atoms with Crippen LogP contribution in [0.2, 0.25) is 0 Å². The van der Waals surface area contributed by atoms with Crippen LogP contribution in [0.15, 0.2) is 371 Å². The average molecular weight is 1200 g/mol. The molecule has 2 aliphatic rings. The number of hydrogen-bond donors (Lipinski definition) is 0. The molecule has 0 radical (unpaired) electrons. The molecule has 94 heavy (non-hydrogen) atoms. The molecule has 0 saturated carbocycles. The van der Waals surface area contributed by atoms with E-state index in [4.69, 9.17) is 0 Å². The molecule has 0 heterocycles. The summed E-state index contributed by atoms with van der Waals surface area (Å²) in [7, 11) is 0. The number of rotatable bonds is 14. The van der Waals surface area contributed by atoms with Gasteiger partial charge in [0, 0.05) is 67.6 Å². The van der Waals surface area contributed by atoms with Crippen LogP contribution >= 0.6 is 0 Å². The second kappa shape index (κ2) is 23.5. The van der Waals surface area contributed by atoms with E-state index in [2.05, 4.69) is 378 Å². The number of hydrogen-bond acceptors (Lipinski definition) is 4.